The van der Waals surface area contributed by atoms with E-state index in [1.54, 1.807) is 0 Å². The molecule has 1 aromatic rings. The Hall–Kier alpha value is -1.52. The van der Waals surface area contributed by atoms with E-state index in [9.17, 15) is 4.79 Å². The third kappa shape index (κ3) is 7.28. The van der Waals surface area contributed by atoms with Gasteiger partial charge in [0.25, 0.3) is 0 Å². The van der Waals surface area contributed by atoms with Crippen molar-refractivity contribution in [1.82, 2.24) is 4.90 Å². The normalized spacial score (nSPS) is 19.3. The lowest BCUT2D eigenvalue weighted by molar-refractivity contribution is -0.134. The van der Waals surface area contributed by atoms with E-state index in [0.29, 0.717) is 12.3 Å². The van der Waals surface area contributed by atoms with E-state index in [1.165, 1.54) is 68.3 Å². The van der Waals surface area contributed by atoms with E-state index in [4.69, 9.17) is 9.47 Å². The molecule has 0 aromatic heterocycles. The van der Waals surface area contributed by atoms with Crippen molar-refractivity contribution < 1.29 is 14.3 Å². The summed E-state index contributed by atoms with van der Waals surface area (Å²) in [6, 6.07) is 4.36. The predicted molar refractivity (Wildman–Crippen MR) is 151 cm³/mol. The van der Waals surface area contributed by atoms with Crippen LogP contribution in [0.2, 0.25) is 0 Å². The van der Waals surface area contributed by atoms with Crippen molar-refractivity contribution in [1.29, 1.82) is 0 Å². The lowest BCUT2D eigenvalue weighted by Crippen LogP contribution is -2.33. The maximum Gasteiger partial charge on any atom is 0.311 e. The average molecular weight is 518 g/mol. The van der Waals surface area contributed by atoms with Gasteiger partial charge in [0, 0.05) is 6.42 Å². The van der Waals surface area contributed by atoms with E-state index >= 15 is 0 Å². The van der Waals surface area contributed by atoms with Crippen LogP contribution in [0.5, 0.6) is 11.5 Å². The van der Waals surface area contributed by atoms with Gasteiger partial charge in [-0.05, 0) is 120 Å². The monoisotopic (exact) mass is 517 g/mol. The number of fused-ring (bicyclic) bond motifs is 2. The molecule has 4 rings (SSSR count). The molecule has 4 nitrogen and oxygen atoms in total. The second kappa shape index (κ2) is 13.3. The fourth-order valence-corrected chi connectivity index (χ4v) is 6.19. The number of unbranched alkanes of at least 4 members (excludes halogenated alkanes) is 2. The van der Waals surface area contributed by atoms with Crippen molar-refractivity contribution in [3.8, 4) is 11.5 Å². The number of hydrogen-bond acceptors (Lipinski definition) is 4. The zero-order valence-corrected chi connectivity index (χ0v) is 23.9. The summed E-state index contributed by atoms with van der Waals surface area (Å²) in [5.74, 6) is 2.23. The Kier molecular flexibility index (Phi) is 10.8. The number of rotatable bonds is 12. The van der Waals surface area contributed by atoms with E-state index in [2.05, 4.69) is 44.7 Å². The second-order valence-corrected chi connectivity index (χ2v) is 11.7. The summed E-state index contributed by atoms with van der Waals surface area (Å²) < 4.78 is 12.7. The molecule has 0 spiro atoms. The smallest absolute Gasteiger partial charge is 0.311 e. The van der Waals surface area contributed by atoms with Gasteiger partial charge in [-0.15, -0.1) is 12.4 Å². The highest BCUT2D eigenvalue weighted by Crippen LogP contribution is 2.52. The maximum absolute atomic E-state index is 12.9. The van der Waals surface area contributed by atoms with Gasteiger partial charge in [-0.3, -0.25) is 4.79 Å². The lowest BCUT2D eigenvalue weighted by atomic mass is 9.86. The van der Waals surface area contributed by atoms with Crippen LogP contribution in [0.3, 0.4) is 0 Å². The first-order valence-corrected chi connectivity index (χ1v) is 14.4. The Morgan fingerprint density at radius 2 is 1.86 bits per heavy atom. The Morgan fingerprint density at radius 1 is 1.08 bits per heavy atom. The number of carbonyl (C=O) groups excluding carboxylic acids is 1. The molecule has 1 atom stereocenters. The molecule has 3 aliphatic rings. The van der Waals surface area contributed by atoms with Crippen LogP contribution in [0, 0.1) is 5.92 Å². The highest BCUT2D eigenvalue weighted by atomic mass is 35.5. The molecule has 202 valence electrons. The van der Waals surface area contributed by atoms with Crippen LogP contribution in [0.25, 0.3) is 5.57 Å². The molecule has 0 N–H and O–H groups in total. The maximum atomic E-state index is 12.9. The van der Waals surface area contributed by atoms with Crippen molar-refractivity contribution in [2.24, 2.45) is 5.92 Å². The topological polar surface area (TPSA) is 38.8 Å². The third-order valence-electron chi connectivity index (χ3n) is 8.24. The highest BCUT2D eigenvalue weighted by molar-refractivity contribution is 5.85. The Bertz CT molecular complexity index is 917. The molecular weight excluding hydrogens is 470 g/mol. The molecule has 36 heavy (non-hydrogen) atoms. The van der Waals surface area contributed by atoms with Crippen molar-refractivity contribution in [3.05, 3.63) is 28.8 Å². The van der Waals surface area contributed by atoms with E-state index in [-0.39, 0.29) is 24.0 Å². The molecule has 1 aliphatic carbocycles. The summed E-state index contributed by atoms with van der Waals surface area (Å²) in [4.78, 5) is 15.4. The number of halogens is 1. The van der Waals surface area contributed by atoms with Gasteiger partial charge in [-0.1, -0.05) is 39.5 Å². The number of benzene rings is 1. The first kappa shape index (κ1) is 29.0. The number of hydrogen-bond donors (Lipinski definition) is 0. The van der Waals surface area contributed by atoms with Crippen molar-refractivity contribution in [2.75, 3.05) is 19.6 Å². The molecule has 1 saturated heterocycles. The van der Waals surface area contributed by atoms with Gasteiger partial charge in [-0.2, -0.15) is 0 Å². The van der Waals surface area contributed by atoms with Crippen LogP contribution in [0.4, 0.5) is 0 Å². The summed E-state index contributed by atoms with van der Waals surface area (Å²) in [6.07, 6.45) is 14.5. The van der Waals surface area contributed by atoms with E-state index in [1.807, 2.05) is 0 Å². The molecule has 2 heterocycles. The molecule has 0 bridgehead atoms. The van der Waals surface area contributed by atoms with Crippen LogP contribution < -0.4 is 9.47 Å². The summed E-state index contributed by atoms with van der Waals surface area (Å²) >= 11 is 0. The molecule has 1 aromatic carbocycles. The van der Waals surface area contributed by atoms with Crippen LogP contribution in [-0.4, -0.2) is 36.1 Å². The standard InChI is InChI=1S/C31H47NO3.ClH/c1-5-6-7-12-23(2)16-17-24-21-27(34-29(33)15-11-20-32-18-8-9-19-32)30-25-13-10-14-26(25)31(3,4)35-28(30)22-24;/h21-23H,5-20H2,1-4H3;1H. The minimum atomic E-state index is -0.290. The van der Waals surface area contributed by atoms with Gasteiger partial charge >= 0.3 is 5.97 Å². The quantitative estimate of drug-likeness (QED) is 0.159. The number of carbonyl (C=O) groups is 1. The summed E-state index contributed by atoms with van der Waals surface area (Å²) in [5, 5.41) is 0. The molecule has 1 fully saturated rings. The molecule has 0 radical (unpaired) electrons. The lowest BCUT2D eigenvalue weighted by Gasteiger charge is -2.35. The number of nitrogens with zero attached hydrogens (tertiary/aromatic N) is 1. The molecule has 1 unspecified atom stereocenters. The van der Waals surface area contributed by atoms with Gasteiger partial charge in [0.1, 0.15) is 17.1 Å². The Balaban J connectivity index is 0.00000361. The van der Waals surface area contributed by atoms with Crippen LogP contribution in [-0.2, 0) is 11.2 Å². The number of likely N-dealkylation sites (tertiary alicyclic amines) is 1. The predicted octanol–water partition coefficient (Wildman–Crippen LogP) is 8.15. The molecule has 5 heteroatoms. The fraction of sp³-hybridized carbons (Fsp3) is 0.710. The van der Waals surface area contributed by atoms with Gasteiger partial charge < -0.3 is 14.4 Å². The Labute approximate surface area is 225 Å². The number of allylic oxidation sites excluding steroid dienone is 1. The van der Waals surface area contributed by atoms with Gasteiger partial charge in [0.2, 0.25) is 0 Å². The molecule has 2 aliphatic heterocycles. The Morgan fingerprint density at radius 3 is 2.61 bits per heavy atom. The highest BCUT2D eigenvalue weighted by Gasteiger charge is 2.39. The van der Waals surface area contributed by atoms with Crippen LogP contribution in [0.1, 0.15) is 116 Å². The van der Waals surface area contributed by atoms with Crippen molar-refractivity contribution in [2.45, 2.75) is 117 Å². The van der Waals surface area contributed by atoms with Crippen LogP contribution in [0.15, 0.2) is 17.7 Å². The average Bonchev–Trinajstić information content (AvgIpc) is 3.50. The van der Waals surface area contributed by atoms with Crippen molar-refractivity contribution >= 4 is 23.9 Å². The fourth-order valence-electron chi connectivity index (χ4n) is 6.19. The minimum absolute atomic E-state index is 0. The SMILES string of the molecule is CCCCCC(C)CCc1cc(OC(=O)CCCN2CCCC2)c2c(c1)OC(C)(C)C1=C2CCC1.Cl. The van der Waals surface area contributed by atoms with E-state index < -0.39 is 0 Å². The minimum Gasteiger partial charge on any atom is -0.483 e. The van der Waals surface area contributed by atoms with E-state index in [0.717, 1.165) is 62.1 Å². The summed E-state index contributed by atoms with van der Waals surface area (Å²) in [7, 11) is 0. The first-order valence-electron chi connectivity index (χ1n) is 14.4. The summed E-state index contributed by atoms with van der Waals surface area (Å²) in [6.45, 7) is 12.3. The zero-order valence-electron chi connectivity index (χ0n) is 23.1. The summed E-state index contributed by atoms with van der Waals surface area (Å²) in [5.41, 5.74) is 4.72. The van der Waals surface area contributed by atoms with Gasteiger partial charge in [0.15, 0.2) is 0 Å². The third-order valence-corrected chi connectivity index (χ3v) is 8.24. The number of esters is 1. The number of aryl methyl sites for hydroxylation is 1. The van der Waals surface area contributed by atoms with Gasteiger partial charge in [-0.25, -0.2) is 0 Å². The zero-order chi connectivity index (χ0) is 24.8. The number of ether oxygens (including phenoxy) is 2. The van der Waals surface area contributed by atoms with Crippen molar-refractivity contribution in [3.63, 3.8) is 0 Å². The molecule has 0 amide bonds. The first-order chi connectivity index (χ1) is 16.9. The molecule has 0 saturated carbocycles. The van der Waals surface area contributed by atoms with Gasteiger partial charge in [0.05, 0.1) is 5.56 Å². The second-order valence-electron chi connectivity index (χ2n) is 11.7. The molecular formula is C31H48ClNO3. The largest absolute Gasteiger partial charge is 0.483 e. The van der Waals surface area contributed by atoms with Crippen LogP contribution >= 0.6 is 12.4 Å².